The first kappa shape index (κ1) is 6.92. The van der Waals surface area contributed by atoms with Crippen LogP contribution < -0.4 is 0 Å². The Morgan fingerprint density at radius 3 is 1.71 bits per heavy atom. The lowest BCUT2D eigenvalue weighted by Gasteiger charge is -1.93. The summed E-state index contributed by atoms with van der Waals surface area (Å²) in [5.41, 5.74) is 1.27. The van der Waals surface area contributed by atoms with E-state index < -0.39 is 9.76 Å². The summed E-state index contributed by atoms with van der Waals surface area (Å²) < 4.78 is 0. The minimum absolute atomic E-state index is 0.829. The first-order valence-corrected chi connectivity index (χ1v) is 3.76. The molecule has 7 heavy (non-hydrogen) atoms. The average molecular weight is 116 g/mol. The van der Waals surface area contributed by atoms with Crippen molar-refractivity contribution >= 4 is 9.76 Å². The summed E-state index contributed by atoms with van der Waals surface area (Å²) in [6.07, 6.45) is 0. The molecule has 0 amide bonds. The van der Waals surface area contributed by atoms with Crippen molar-refractivity contribution in [2.24, 2.45) is 0 Å². The first-order valence-electron chi connectivity index (χ1n) is 2.42. The van der Waals surface area contributed by atoms with E-state index in [4.69, 9.17) is 4.80 Å². The highest BCUT2D eigenvalue weighted by Crippen LogP contribution is 1.96. The molecule has 0 aromatic rings. The summed E-state index contributed by atoms with van der Waals surface area (Å²) >= 11 is 0. The van der Waals surface area contributed by atoms with Crippen LogP contribution in [0.15, 0.2) is 10.8 Å². The molecule has 0 heterocycles. The van der Waals surface area contributed by atoms with Crippen LogP contribution in [0.4, 0.5) is 0 Å². The molecule has 0 unspecified atom stereocenters. The standard InChI is InChI=1S/C5H12OSi/c1-4(2)5(3)7-6/h6H,7H2,1-3H3. The van der Waals surface area contributed by atoms with E-state index in [-0.39, 0.29) is 0 Å². The topological polar surface area (TPSA) is 20.2 Å². The highest BCUT2D eigenvalue weighted by atomic mass is 28.2. The van der Waals surface area contributed by atoms with Crippen LogP contribution >= 0.6 is 0 Å². The normalized spacial score (nSPS) is 10.3. The van der Waals surface area contributed by atoms with Gasteiger partial charge in [-0.25, -0.2) is 0 Å². The van der Waals surface area contributed by atoms with Gasteiger partial charge in [-0.1, -0.05) is 10.8 Å². The Labute approximate surface area is 47.0 Å². The molecule has 0 rings (SSSR count). The van der Waals surface area contributed by atoms with E-state index in [2.05, 4.69) is 0 Å². The molecule has 2 heteroatoms. The van der Waals surface area contributed by atoms with E-state index in [1.165, 1.54) is 10.8 Å². The van der Waals surface area contributed by atoms with Crippen LogP contribution in [0.1, 0.15) is 20.8 Å². The van der Waals surface area contributed by atoms with Gasteiger partial charge in [0.2, 0.25) is 0 Å². The molecule has 0 bridgehead atoms. The molecular weight excluding hydrogens is 104 g/mol. The molecule has 0 aliphatic carbocycles. The van der Waals surface area contributed by atoms with Gasteiger partial charge in [-0.2, -0.15) is 0 Å². The van der Waals surface area contributed by atoms with E-state index in [9.17, 15) is 0 Å². The number of rotatable bonds is 1. The highest BCUT2D eigenvalue weighted by molar-refractivity contribution is 6.36. The fourth-order valence-corrected chi connectivity index (χ4v) is 0.474. The van der Waals surface area contributed by atoms with Crippen LogP contribution in [0, 0.1) is 0 Å². The maximum absolute atomic E-state index is 8.59. The molecule has 0 saturated carbocycles. The zero-order valence-corrected chi connectivity index (χ0v) is 6.57. The van der Waals surface area contributed by atoms with E-state index in [0.29, 0.717) is 0 Å². The fourth-order valence-electron chi connectivity index (χ4n) is 0.158. The maximum Gasteiger partial charge on any atom is 0.183 e. The minimum atomic E-state index is -0.829. The molecule has 0 fully saturated rings. The van der Waals surface area contributed by atoms with Crippen molar-refractivity contribution in [3.8, 4) is 0 Å². The molecule has 0 aliphatic heterocycles. The molecular formula is C5H12OSi. The highest BCUT2D eigenvalue weighted by Gasteiger charge is 1.85. The Kier molecular flexibility index (Phi) is 2.95. The Morgan fingerprint density at radius 2 is 1.71 bits per heavy atom. The van der Waals surface area contributed by atoms with E-state index in [0.717, 1.165) is 0 Å². The lowest BCUT2D eigenvalue weighted by atomic mass is 10.3. The molecule has 1 N–H and O–H groups in total. The lowest BCUT2D eigenvalue weighted by Crippen LogP contribution is -1.90. The van der Waals surface area contributed by atoms with Gasteiger partial charge in [0.25, 0.3) is 0 Å². The quantitative estimate of drug-likeness (QED) is 0.491. The molecule has 0 aromatic heterocycles. The van der Waals surface area contributed by atoms with Crippen LogP contribution in [-0.4, -0.2) is 14.6 Å². The second-order valence-corrected chi connectivity index (χ2v) is 3.32. The number of allylic oxidation sites excluding steroid dienone is 2. The summed E-state index contributed by atoms with van der Waals surface area (Å²) in [6, 6.07) is 0. The molecule has 0 radical (unpaired) electrons. The molecule has 0 saturated heterocycles. The van der Waals surface area contributed by atoms with Gasteiger partial charge < -0.3 is 4.80 Å². The van der Waals surface area contributed by atoms with Gasteiger partial charge in [-0.3, -0.25) is 0 Å². The third-order valence-corrected chi connectivity index (χ3v) is 2.27. The summed E-state index contributed by atoms with van der Waals surface area (Å²) in [5.74, 6) is 0. The number of hydrogen-bond donors (Lipinski definition) is 1. The molecule has 0 aromatic carbocycles. The van der Waals surface area contributed by atoms with Crippen molar-refractivity contribution in [1.29, 1.82) is 0 Å². The maximum atomic E-state index is 8.59. The van der Waals surface area contributed by atoms with Crippen LogP contribution in [0.3, 0.4) is 0 Å². The SMILES string of the molecule is CC(C)=C(C)[SiH2]O. The van der Waals surface area contributed by atoms with Gasteiger partial charge in [0.05, 0.1) is 0 Å². The zero-order chi connectivity index (χ0) is 5.86. The van der Waals surface area contributed by atoms with Gasteiger partial charge in [-0.05, 0) is 20.8 Å². The monoisotopic (exact) mass is 116 g/mol. The lowest BCUT2D eigenvalue weighted by molar-refractivity contribution is 0.610. The Balaban J connectivity index is 3.72. The second kappa shape index (κ2) is 2.99. The Hall–Kier alpha value is -0.0831. The van der Waals surface area contributed by atoms with Gasteiger partial charge in [0.15, 0.2) is 9.76 Å². The van der Waals surface area contributed by atoms with E-state index >= 15 is 0 Å². The van der Waals surface area contributed by atoms with Gasteiger partial charge in [0, 0.05) is 0 Å². The molecule has 42 valence electrons. The van der Waals surface area contributed by atoms with Gasteiger partial charge in [0.1, 0.15) is 0 Å². The fraction of sp³-hybridized carbons (Fsp3) is 0.600. The van der Waals surface area contributed by atoms with Crippen molar-refractivity contribution in [3.05, 3.63) is 10.8 Å². The molecule has 1 nitrogen and oxygen atoms in total. The Bertz CT molecular complexity index is 82.1. The van der Waals surface area contributed by atoms with Crippen molar-refractivity contribution in [3.63, 3.8) is 0 Å². The van der Waals surface area contributed by atoms with Crippen LogP contribution in [0.2, 0.25) is 0 Å². The Morgan fingerprint density at radius 1 is 1.29 bits per heavy atom. The third-order valence-electron chi connectivity index (χ3n) is 1.09. The summed E-state index contributed by atoms with van der Waals surface area (Å²) in [7, 11) is -0.829. The summed E-state index contributed by atoms with van der Waals surface area (Å²) in [5, 5.41) is 1.21. The average Bonchev–Trinajstić information content (AvgIpc) is 1.65. The van der Waals surface area contributed by atoms with Crippen molar-refractivity contribution in [1.82, 2.24) is 0 Å². The predicted molar refractivity (Wildman–Crippen MR) is 34.8 cm³/mol. The second-order valence-electron chi connectivity index (χ2n) is 1.94. The van der Waals surface area contributed by atoms with E-state index in [1.54, 1.807) is 0 Å². The van der Waals surface area contributed by atoms with Gasteiger partial charge >= 0.3 is 0 Å². The number of hydrogen-bond acceptors (Lipinski definition) is 1. The molecule has 0 aliphatic rings. The zero-order valence-electron chi connectivity index (χ0n) is 5.15. The van der Waals surface area contributed by atoms with Gasteiger partial charge in [-0.15, -0.1) is 0 Å². The smallest absolute Gasteiger partial charge is 0.183 e. The molecule has 0 atom stereocenters. The largest absolute Gasteiger partial charge is 0.434 e. The van der Waals surface area contributed by atoms with Crippen molar-refractivity contribution in [2.75, 3.05) is 0 Å². The predicted octanol–water partition coefficient (Wildman–Crippen LogP) is 0.376. The summed E-state index contributed by atoms with van der Waals surface area (Å²) in [6.45, 7) is 6.04. The van der Waals surface area contributed by atoms with Crippen LogP contribution in [0.5, 0.6) is 0 Å². The third kappa shape index (κ3) is 2.59. The van der Waals surface area contributed by atoms with Crippen LogP contribution in [-0.2, 0) is 0 Å². The van der Waals surface area contributed by atoms with Crippen LogP contribution in [0.25, 0.3) is 0 Å². The summed E-state index contributed by atoms with van der Waals surface area (Å²) in [4.78, 5) is 8.59. The van der Waals surface area contributed by atoms with Crippen molar-refractivity contribution < 1.29 is 4.80 Å². The minimum Gasteiger partial charge on any atom is -0.434 e. The van der Waals surface area contributed by atoms with E-state index in [1.807, 2.05) is 20.8 Å². The van der Waals surface area contributed by atoms with Crippen molar-refractivity contribution in [2.45, 2.75) is 20.8 Å². The first-order chi connectivity index (χ1) is 3.18. The molecule has 0 spiro atoms.